The molecule has 1 aliphatic heterocycles. The summed E-state index contributed by atoms with van der Waals surface area (Å²) in [6, 6.07) is 0. The Kier molecular flexibility index (Phi) is 3.94. The fourth-order valence-corrected chi connectivity index (χ4v) is 2.13. The fourth-order valence-electron chi connectivity index (χ4n) is 0.631. The van der Waals surface area contributed by atoms with Gasteiger partial charge in [-0.1, -0.05) is 0 Å². The van der Waals surface area contributed by atoms with Gasteiger partial charge in [0.2, 0.25) is 0 Å². The smallest absolute Gasteiger partial charge is 0.289 e. The summed E-state index contributed by atoms with van der Waals surface area (Å²) < 4.78 is 19.0. The van der Waals surface area contributed by atoms with Crippen molar-refractivity contribution in [2.24, 2.45) is 5.14 Å². The van der Waals surface area contributed by atoms with E-state index in [1.165, 1.54) is 11.5 Å². The Morgan fingerprint density at radius 2 is 2.00 bits per heavy atom. The number of sulfonamides is 1. The number of hydrogen-bond acceptors (Lipinski definition) is 5. The van der Waals surface area contributed by atoms with Crippen LogP contribution in [0.2, 0.25) is 0 Å². The van der Waals surface area contributed by atoms with Crippen LogP contribution in [0.15, 0.2) is 22.6 Å². The van der Waals surface area contributed by atoms with Crippen LogP contribution in [0, 0.1) is 10.4 Å². The number of nitrogens with zero attached hydrogens (tertiary/aromatic N) is 1. The van der Waals surface area contributed by atoms with Gasteiger partial charge in [-0.25, -0.2) is 13.6 Å². The van der Waals surface area contributed by atoms with Crippen LogP contribution in [-0.4, -0.2) is 12.6 Å². The van der Waals surface area contributed by atoms with Gasteiger partial charge in [0.25, 0.3) is 15.1 Å². The van der Waals surface area contributed by atoms with Gasteiger partial charge in [0.1, 0.15) is 11.9 Å². The predicted molar refractivity (Wildman–Crippen MR) is 52.2 cm³/mol. The summed E-state index contributed by atoms with van der Waals surface area (Å²) in [7, 11) is -4.20. The molecule has 0 amide bonds. The number of nitrogens with two attached hydrogens (primary N) is 1. The summed E-state index contributed by atoms with van der Waals surface area (Å²) in [5, 5.41) is 26.7. The summed E-state index contributed by atoms with van der Waals surface area (Å²) in [6.45, 7) is 0. The maximum Gasteiger partial charge on any atom is 0.289 e. The Bertz CT molecular complexity index is 347. The van der Waals surface area contributed by atoms with Crippen LogP contribution in [0.25, 0.3) is 0 Å². The highest BCUT2D eigenvalue weighted by molar-refractivity contribution is 7.98. The molecule has 1 aliphatic rings. The quantitative estimate of drug-likeness (QED) is 0.412. The zero-order chi connectivity index (χ0) is 9.41. The molecule has 1 heterocycles. The molecular formula is C4H6ClN2O4S2-. The first kappa shape index (κ1) is 12.9. The van der Waals surface area contributed by atoms with Gasteiger partial charge < -0.3 is 10.4 Å². The van der Waals surface area contributed by atoms with E-state index in [9.17, 15) is 18.8 Å². The highest BCUT2D eigenvalue weighted by Crippen LogP contribution is 2.33. The molecule has 13 heavy (non-hydrogen) atoms. The Balaban J connectivity index is 0.00000144. The van der Waals surface area contributed by atoms with Crippen LogP contribution in [-0.2, 0) is 10.0 Å². The molecule has 0 atom stereocenters. The Morgan fingerprint density at radius 1 is 1.46 bits per heavy atom. The third-order valence-electron chi connectivity index (χ3n) is 1.08. The average molecular weight is 246 g/mol. The Hall–Kier alpha value is -0.0900. The molecule has 0 spiro atoms. The lowest BCUT2D eigenvalue weighted by Crippen LogP contribution is -2.34. The Morgan fingerprint density at radius 3 is 2.31 bits per heavy atom. The molecule has 76 valence electrons. The van der Waals surface area contributed by atoms with Gasteiger partial charge in [0.15, 0.2) is 0 Å². The standard InChI is InChI=1S/C4H5N2O4S2.ClH/c5-12(9,10)4-2-1-3-11-6(4,7)8;/h1-3H,(H2,5,9,10);1H/q-1;. The van der Waals surface area contributed by atoms with Crippen molar-refractivity contribution in [2.75, 3.05) is 0 Å². The first-order valence-electron chi connectivity index (χ1n) is 2.74. The summed E-state index contributed by atoms with van der Waals surface area (Å²) >= 11 is 0.274. The zero-order valence-electron chi connectivity index (χ0n) is 6.11. The second kappa shape index (κ2) is 3.96. The minimum Gasteiger partial charge on any atom is -0.613 e. The number of rotatable bonds is 1. The van der Waals surface area contributed by atoms with Gasteiger partial charge in [-0.15, -0.1) is 12.4 Å². The third kappa shape index (κ3) is 2.95. The van der Waals surface area contributed by atoms with E-state index in [1.807, 2.05) is 0 Å². The van der Waals surface area contributed by atoms with Crippen LogP contribution in [0.1, 0.15) is 0 Å². The number of halogens is 1. The van der Waals surface area contributed by atoms with Gasteiger partial charge in [0, 0.05) is 11.5 Å². The molecule has 0 aromatic rings. The largest absolute Gasteiger partial charge is 0.613 e. The first-order valence-corrected chi connectivity index (χ1v) is 5.12. The lowest BCUT2D eigenvalue weighted by atomic mass is 10.6. The second-order valence-corrected chi connectivity index (χ2v) is 4.45. The molecule has 2 N–H and O–H groups in total. The van der Waals surface area contributed by atoms with Gasteiger partial charge >= 0.3 is 0 Å². The monoisotopic (exact) mass is 245 g/mol. The second-order valence-electron chi connectivity index (χ2n) is 1.98. The molecule has 0 radical (unpaired) electrons. The normalized spacial score (nSPS) is 20.4. The van der Waals surface area contributed by atoms with E-state index < -0.39 is 19.3 Å². The van der Waals surface area contributed by atoms with E-state index in [0.717, 1.165) is 6.08 Å². The van der Waals surface area contributed by atoms with E-state index in [1.54, 1.807) is 0 Å². The van der Waals surface area contributed by atoms with E-state index in [-0.39, 0.29) is 24.4 Å². The third-order valence-corrected chi connectivity index (χ3v) is 2.91. The summed E-state index contributed by atoms with van der Waals surface area (Å²) in [5.74, 6) is 0. The summed E-state index contributed by atoms with van der Waals surface area (Å²) in [6.07, 6.45) is 2.17. The van der Waals surface area contributed by atoms with E-state index in [0.29, 0.717) is 0 Å². The van der Waals surface area contributed by atoms with Crippen molar-refractivity contribution in [2.45, 2.75) is 0 Å². The SMILES string of the molecule is Cl.NS(=O)(=O)C1=CC=CS[N+]1([O-])[O-]. The van der Waals surface area contributed by atoms with Crippen molar-refractivity contribution in [3.05, 3.63) is 33.0 Å². The molecule has 9 heteroatoms. The van der Waals surface area contributed by atoms with Crippen LogP contribution < -0.4 is 5.14 Å². The van der Waals surface area contributed by atoms with Crippen molar-refractivity contribution >= 4 is 34.4 Å². The van der Waals surface area contributed by atoms with Gasteiger partial charge in [-0.05, 0) is 6.08 Å². The van der Waals surface area contributed by atoms with E-state index in [4.69, 9.17) is 0 Å². The molecule has 1 rings (SSSR count). The predicted octanol–water partition coefficient (Wildman–Crippen LogP) is 0.526. The van der Waals surface area contributed by atoms with Crippen molar-refractivity contribution in [1.29, 1.82) is 0 Å². The minimum absolute atomic E-state index is 0. The lowest BCUT2D eigenvalue weighted by Gasteiger charge is -2.43. The molecule has 0 aliphatic carbocycles. The maximum atomic E-state index is 10.9. The Labute approximate surface area is 85.4 Å². The molecule has 0 saturated heterocycles. The highest BCUT2D eigenvalue weighted by atomic mass is 35.5. The number of primary sulfonamides is 1. The van der Waals surface area contributed by atoms with Gasteiger partial charge in [-0.2, -0.15) is 0 Å². The molecule has 6 nitrogen and oxygen atoms in total. The van der Waals surface area contributed by atoms with Crippen molar-refractivity contribution in [3.63, 3.8) is 0 Å². The average Bonchev–Trinajstić information content (AvgIpc) is 1.83. The maximum absolute atomic E-state index is 10.9. The van der Waals surface area contributed by atoms with E-state index in [2.05, 4.69) is 5.14 Å². The molecular weight excluding hydrogens is 240 g/mol. The van der Waals surface area contributed by atoms with Gasteiger partial charge in [-0.3, -0.25) is 4.21 Å². The molecule has 0 aromatic carbocycles. The van der Waals surface area contributed by atoms with Gasteiger partial charge in [0.05, 0.1) is 0 Å². The van der Waals surface area contributed by atoms with Crippen LogP contribution in [0.4, 0.5) is 0 Å². The zero-order valence-corrected chi connectivity index (χ0v) is 8.56. The van der Waals surface area contributed by atoms with Crippen molar-refractivity contribution in [3.8, 4) is 0 Å². The number of hydroxylamine groups is 2. The lowest BCUT2D eigenvalue weighted by molar-refractivity contribution is -0.625. The highest BCUT2D eigenvalue weighted by Gasteiger charge is 2.27. The van der Waals surface area contributed by atoms with Crippen molar-refractivity contribution < 1.29 is 12.6 Å². The van der Waals surface area contributed by atoms with Crippen LogP contribution in [0.5, 0.6) is 0 Å². The number of quaternary nitrogens is 1. The van der Waals surface area contributed by atoms with Crippen LogP contribution in [0.3, 0.4) is 0 Å². The van der Waals surface area contributed by atoms with Crippen LogP contribution >= 0.6 is 24.4 Å². The summed E-state index contributed by atoms with van der Waals surface area (Å²) in [5.41, 5.74) is 0. The molecule has 0 unspecified atom stereocenters. The molecule has 0 saturated carbocycles. The molecule has 0 bridgehead atoms. The topological polar surface area (TPSA) is 106 Å². The van der Waals surface area contributed by atoms with E-state index >= 15 is 0 Å². The molecule has 0 aromatic heterocycles. The fraction of sp³-hybridized carbons (Fsp3) is 0. The minimum atomic E-state index is -4.20. The summed E-state index contributed by atoms with van der Waals surface area (Å²) in [4.78, 5) is 0. The number of allylic oxidation sites excluding steroid dienone is 2. The number of hydrogen-bond donors (Lipinski definition) is 1. The first-order chi connectivity index (χ1) is 5.34. The molecule has 0 fully saturated rings. The van der Waals surface area contributed by atoms with Crippen molar-refractivity contribution in [1.82, 2.24) is 0 Å².